The number of ether oxygens (including phenoxy) is 2. The third-order valence-electron chi connectivity index (χ3n) is 7.97. The summed E-state index contributed by atoms with van der Waals surface area (Å²) in [5, 5.41) is 16.4. The molecule has 2 fully saturated rings. The molecule has 0 saturated carbocycles. The fourth-order valence-corrected chi connectivity index (χ4v) is 6.65. The number of fused-ring (bicyclic) bond motifs is 4. The summed E-state index contributed by atoms with van der Waals surface area (Å²) in [4.78, 5) is 28.2. The van der Waals surface area contributed by atoms with Crippen LogP contribution in [-0.4, -0.2) is 41.5 Å². The third-order valence-corrected chi connectivity index (χ3v) is 8.23. The highest BCUT2D eigenvalue weighted by Gasteiger charge is 2.73. The molecule has 3 aliphatic rings. The first kappa shape index (κ1) is 23.8. The van der Waals surface area contributed by atoms with E-state index < -0.39 is 17.5 Å². The summed E-state index contributed by atoms with van der Waals surface area (Å²) in [5.74, 6) is 0.224. The van der Waals surface area contributed by atoms with E-state index in [1.165, 1.54) is 0 Å². The van der Waals surface area contributed by atoms with Crippen LogP contribution in [0.2, 0.25) is 5.02 Å². The predicted molar refractivity (Wildman–Crippen MR) is 139 cm³/mol. The molecule has 9 heteroatoms. The summed E-state index contributed by atoms with van der Waals surface area (Å²) < 4.78 is 11.7. The molecule has 0 radical (unpaired) electrons. The maximum atomic E-state index is 13.6. The van der Waals surface area contributed by atoms with E-state index in [9.17, 15) is 14.9 Å². The molecule has 190 valence electrons. The van der Waals surface area contributed by atoms with Gasteiger partial charge in [-0.1, -0.05) is 48.0 Å². The summed E-state index contributed by atoms with van der Waals surface area (Å²) in [6, 6.07) is 18.9. The predicted octanol–water partition coefficient (Wildman–Crippen LogP) is 4.98. The summed E-state index contributed by atoms with van der Waals surface area (Å²) in [7, 11) is 1.55. The minimum Gasteiger partial charge on any atom is -0.493 e. The highest BCUT2D eigenvalue weighted by Crippen LogP contribution is 2.58. The molecule has 3 aromatic rings. The molecular weight excluding hydrogens is 494 g/mol. The number of methoxy groups -OCH3 is 1. The van der Waals surface area contributed by atoms with Crippen LogP contribution in [0.1, 0.15) is 35.4 Å². The van der Waals surface area contributed by atoms with E-state index in [1.807, 2.05) is 48.5 Å². The number of hydrogen-bond acceptors (Lipinski definition) is 6. The maximum Gasteiger partial charge on any atom is 0.256 e. The Morgan fingerprint density at radius 2 is 1.92 bits per heavy atom. The summed E-state index contributed by atoms with van der Waals surface area (Å²) >= 11 is 5.97. The van der Waals surface area contributed by atoms with Gasteiger partial charge in [-0.25, -0.2) is 0 Å². The van der Waals surface area contributed by atoms with Gasteiger partial charge in [-0.2, -0.15) is 0 Å². The van der Waals surface area contributed by atoms with Crippen LogP contribution in [-0.2, 0) is 16.9 Å². The second-order valence-corrected chi connectivity index (χ2v) is 10.2. The zero-order valence-electron chi connectivity index (χ0n) is 20.2. The molecule has 0 aliphatic carbocycles. The number of nitrogens with one attached hydrogen (secondary N) is 1. The Kier molecular flexibility index (Phi) is 5.81. The van der Waals surface area contributed by atoms with Gasteiger partial charge in [0.15, 0.2) is 17.0 Å². The quantitative estimate of drug-likeness (QED) is 0.364. The fraction of sp³-hybridized carbons (Fsp3) is 0.321. The van der Waals surface area contributed by atoms with Crippen molar-refractivity contribution in [1.29, 1.82) is 0 Å². The molecule has 8 nitrogen and oxygen atoms in total. The number of hydrogen-bond donors (Lipinski definition) is 1. The van der Waals surface area contributed by atoms with Gasteiger partial charge in [0.2, 0.25) is 0 Å². The summed E-state index contributed by atoms with van der Waals surface area (Å²) in [5.41, 5.74) is 1.71. The van der Waals surface area contributed by atoms with E-state index in [4.69, 9.17) is 21.1 Å². The third kappa shape index (κ3) is 3.58. The Labute approximate surface area is 219 Å². The Hall–Kier alpha value is -3.62. The van der Waals surface area contributed by atoms with Gasteiger partial charge in [0.05, 0.1) is 13.0 Å². The lowest BCUT2D eigenvalue weighted by Gasteiger charge is -2.32. The molecular formula is C28H26ClN3O5. The van der Waals surface area contributed by atoms with Crippen LogP contribution >= 0.6 is 11.6 Å². The number of nitro groups is 1. The minimum atomic E-state index is -1.34. The van der Waals surface area contributed by atoms with Gasteiger partial charge in [0.25, 0.3) is 11.9 Å². The van der Waals surface area contributed by atoms with Crippen LogP contribution < -0.4 is 14.8 Å². The molecule has 3 aliphatic heterocycles. The molecule has 4 atom stereocenters. The van der Waals surface area contributed by atoms with E-state index >= 15 is 0 Å². The van der Waals surface area contributed by atoms with Gasteiger partial charge in [-0.05, 0) is 54.3 Å². The van der Waals surface area contributed by atoms with Gasteiger partial charge in [-0.3, -0.25) is 19.8 Å². The fourth-order valence-electron chi connectivity index (χ4n) is 6.53. The number of carbonyl (C=O) groups excluding carboxylic acids is 1. The Morgan fingerprint density at radius 3 is 2.68 bits per heavy atom. The SMILES string of the molecule is COc1cc([C@H]2[C@H]([N+](=O)[O-])[C@@]3(C(=O)Nc4ccccc43)N3CCC[C@@H]23)ccc1OCc1ccc(Cl)cc1. The van der Waals surface area contributed by atoms with E-state index in [1.54, 1.807) is 25.3 Å². The van der Waals surface area contributed by atoms with Crippen molar-refractivity contribution in [3.05, 3.63) is 98.6 Å². The van der Waals surface area contributed by atoms with Crippen LogP contribution in [0.5, 0.6) is 11.5 Å². The molecule has 1 N–H and O–H groups in total. The van der Waals surface area contributed by atoms with Gasteiger partial charge in [0, 0.05) is 33.8 Å². The van der Waals surface area contributed by atoms with Crippen molar-refractivity contribution in [3.63, 3.8) is 0 Å². The molecule has 0 unspecified atom stereocenters. The smallest absolute Gasteiger partial charge is 0.256 e. The highest BCUT2D eigenvalue weighted by atomic mass is 35.5. The number of benzene rings is 3. The van der Waals surface area contributed by atoms with Crippen LogP contribution in [0.15, 0.2) is 66.7 Å². The average molecular weight is 520 g/mol. The topological polar surface area (TPSA) is 93.9 Å². The van der Waals surface area contributed by atoms with Crippen LogP contribution in [0.3, 0.4) is 0 Å². The largest absolute Gasteiger partial charge is 0.493 e. The zero-order valence-corrected chi connectivity index (χ0v) is 21.0. The Bertz CT molecular complexity index is 1380. The molecule has 6 rings (SSSR count). The second-order valence-electron chi connectivity index (χ2n) is 9.75. The van der Waals surface area contributed by atoms with Crippen LogP contribution in [0.25, 0.3) is 0 Å². The van der Waals surface area contributed by atoms with Gasteiger partial charge in [-0.15, -0.1) is 0 Å². The first-order valence-electron chi connectivity index (χ1n) is 12.3. The summed E-state index contributed by atoms with van der Waals surface area (Å²) in [6.07, 6.45) is 1.66. The van der Waals surface area contributed by atoms with Crippen molar-refractivity contribution < 1.29 is 19.2 Å². The molecule has 3 aromatic carbocycles. The van der Waals surface area contributed by atoms with Gasteiger partial charge >= 0.3 is 0 Å². The minimum absolute atomic E-state index is 0.141. The molecule has 0 bridgehead atoms. The monoisotopic (exact) mass is 519 g/mol. The number of rotatable bonds is 6. The van der Waals surface area contributed by atoms with Crippen molar-refractivity contribution in [1.82, 2.24) is 4.90 Å². The second kappa shape index (κ2) is 9.04. The van der Waals surface area contributed by atoms with E-state index in [0.717, 1.165) is 24.0 Å². The Morgan fingerprint density at radius 1 is 1.14 bits per heavy atom. The first-order chi connectivity index (χ1) is 17.9. The van der Waals surface area contributed by atoms with Crippen molar-refractivity contribution in [3.8, 4) is 11.5 Å². The zero-order chi connectivity index (χ0) is 25.7. The molecule has 1 spiro atoms. The van der Waals surface area contributed by atoms with Crippen molar-refractivity contribution in [2.24, 2.45) is 0 Å². The number of anilines is 1. The number of halogens is 1. The highest BCUT2D eigenvalue weighted by molar-refractivity contribution is 6.30. The van der Waals surface area contributed by atoms with E-state index in [0.29, 0.717) is 40.9 Å². The Balaban J connectivity index is 1.39. The first-order valence-corrected chi connectivity index (χ1v) is 12.7. The lowest BCUT2D eigenvalue weighted by molar-refractivity contribution is -0.534. The van der Waals surface area contributed by atoms with E-state index in [2.05, 4.69) is 10.2 Å². The maximum absolute atomic E-state index is 13.6. The standard InChI is InChI=1S/C28H26ClN3O5/c1-36-24-15-18(10-13-23(24)37-16-17-8-11-19(29)12-9-17)25-22-7-4-14-31(22)28(26(25)32(34)35)20-5-2-3-6-21(20)30-27(28)33/h2-3,5-6,8-13,15,22,25-26H,4,7,14,16H2,1H3,(H,30,33)/t22-,25+,26-,28-/m0/s1. The lowest BCUT2D eigenvalue weighted by Crippen LogP contribution is -2.55. The number of para-hydroxylation sites is 1. The molecule has 37 heavy (non-hydrogen) atoms. The van der Waals surface area contributed by atoms with Crippen molar-refractivity contribution >= 4 is 23.2 Å². The van der Waals surface area contributed by atoms with Crippen molar-refractivity contribution in [2.75, 3.05) is 19.0 Å². The van der Waals surface area contributed by atoms with Crippen LogP contribution in [0.4, 0.5) is 5.69 Å². The average Bonchev–Trinajstić information content (AvgIpc) is 3.56. The molecule has 0 aromatic heterocycles. The molecule has 2 saturated heterocycles. The van der Waals surface area contributed by atoms with Gasteiger partial charge in [0.1, 0.15) is 6.61 Å². The number of carbonyl (C=O) groups is 1. The van der Waals surface area contributed by atoms with E-state index in [-0.39, 0.29) is 16.9 Å². The van der Waals surface area contributed by atoms with Crippen molar-refractivity contribution in [2.45, 2.75) is 43.0 Å². The normalized spacial score (nSPS) is 26.1. The molecule has 1 amide bonds. The number of nitrogens with zero attached hydrogens (tertiary/aromatic N) is 2. The summed E-state index contributed by atoms with van der Waals surface area (Å²) in [6.45, 7) is 0.955. The lowest BCUT2D eigenvalue weighted by atomic mass is 9.77. The van der Waals surface area contributed by atoms with Crippen LogP contribution in [0, 0.1) is 10.1 Å². The van der Waals surface area contributed by atoms with Gasteiger partial charge < -0.3 is 14.8 Å². The molecule has 3 heterocycles. The number of amides is 1.